The summed E-state index contributed by atoms with van der Waals surface area (Å²) in [6.07, 6.45) is 1.76. The molecule has 5 heteroatoms. The smallest absolute Gasteiger partial charge is 0.251 e. The molecule has 0 aliphatic heterocycles. The summed E-state index contributed by atoms with van der Waals surface area (Å²) in [6, 6.07) is 12.0. The number of fused-ring (bicyclic) bond motifs is 1. The minimum atomic E-state index is -0.172. The highest BCUT2D eigenvalue weighted by molar-refractivity contribution is 5.94. The van der Waals surface area contributed by atoms with Crippen molar-refractivity contribution >= 4 is 16.8 Å². The number of benzene rings is 2. The van der Waals surface area contributed by atoms with E-state index in [4.69, 9.17) is 0 Å². The van der Waals surface area contributed by atoms with Crippen LogP contribution in [-0.4, -0.2) is 21.2 Å². The minimum Gasteiger partial charge on any atom is -0.508 e. The number of aromatic nitrogens is 2. The van der Waals surface area contributed by atoms with E-state index in [0.29, 0.717) is 12.1 Å². The number of amides is 1. The Morgan fingerprint density at radius 1 is 1.20 bits per heavy atom. The lowest BCUT2D eigenvalue weighted by molar-refractivity contribution is 0.0951. The van der Waals surface area contributed by atoms with Crippen LogP contribution in [0.15, 0.2) is 48.7 Å². The zero-order valence-corrected chi connectivity index (χ0v) is 10.6. The van der Waals surface area contributed by atoms with E-state index in [1.807, 2.05) is 18.2 Å². The molecular weight excluding hydrogens is 254 g/mol. The molecule has 2 aromatic carbocycles. The van der Waals surface area contributed by atoms with Crippen LogP contribution in [0, 0.1) is 0 Å². The van der Waals surface area contributed by atoms with Crippen LogP contribution in [0.4, 0.5) is 0 Å². The fourth-order valence-electron chi connectivity index (χ4n) is 1.99. The summed E-state index contributed by atoms with van der Waals surface area (Å²) in [5.74, 6) is -0.0269. The topological polar surface area (TPSA) is 78.0 Å². The van der Waals surface area contributed by atoms with E-state index < -0.39 is 0 Å². The molecule has 0 saturated heterocycles. The number of phenolic OH excluding ortho intramolecular Hbond substituents is 1. The van der Waals surface area contributed by atoms with Gasteiger partial charge in [-0.3, -0.25) is 9.89 Å². The molecule has 0 unspecified atom stereocenters. The number of rotatable bonds is 3. The molecule has 3 aromatic rings. The second-order valence-electron chi connectivity index (χ2n) is 4.52. The molecule has 3 rings (SSSR count). The number of nitrogens with one attached hydrogen (secondary N) is 2. The van der Waals surface area contributed by atoms with Gasteiger partial charge >= 0.3 is 0 Å². The molecule has 1 heterocycles. The van der Waals surface area contributed by atoms with Crippen molar-refractivity contribution in [3.8, 4) is 5.75 Å². The number of aromatic amines is 1. The maximum absolute atomic E-state index is 11.9. The first-order valence-electron chi connectivity index (χ1n) is 6.21. The van der Waals surface area contributed by atoms with Crippen molar-refractivity contribution in [2.24, 2.45) is 0 Å². The van der Waals surface area contributed by atoms with Crippen LogP contribution in [0.5, 0.6) is 5.75 Å². The summed E-state index contributed by atoms with van der Waals surface area (Å²) in [4.78, 5) is 11.9. The van der Waals surface area contributed by atoms with Crippen molar-refractivity contribution in [2.45, 2.75) is 6.54 Å². The molecule has 1 amide bonds. The molecule has 0 bridgehead atoms. The molecular formula is C15H13N3O2. The van der Waals surface area contributed by atoms with Crippen LogP contribution in [0.1, 0.15) is 15.9 Å². The second-order valence-corrected chi connectivity index (χ2v) is 4.52. The predicted molar refractivity (Wildman–Crippen MR) is 75.4 cm³/mol. The van der Waals surface area contributed by atoms with E-state index in [1.54, 1.807) is 18.3 Å². The largest absolute Gasteiger partial charge is 0.508 e. The molecule has 0 saturated carbocycles. The van der Waals surface area contributed by atoms with Gasteiger partial charge in [0.2, 0.25) is 0 Å². The number of hydrogen-bond donors (Lipinski definition) is 3. The molecule has 100 valence electrons. The third kappa shape index (κ3) is 2.47. The molecule has 0 aliphatic carbocycles. The van der Waals surface area contributed by atoms with Gasteiger partial charge in [-0.1, -0.05) is 12.1 Å². The maximum atomic E-state index is 11.9. The Bertz CT molecular complexity index is 747. The van der Waals surface area contributed by atoms with E-state index in [1.165, 1.54) is 12.1 Å². The molecule has 3 N–H and O–H groups in total. The summed E-state index contributed by atoms with van der Waals surface area (Å²) in [5.41, 5.74) is 2.46. The monoisotopic (exact) mass is 267 g/mol. The SMILES string of the molecule is O=C(NCc1ccc2cn[nH]c2c1)c1ccc(O)cc1. The normalized spacial score (nSPS) is 10.6. The number of carbonyl (C=O) groups is 1. The van der Waals surface area contributed by atoms with Crippen molar-refractivity contribution in [1.29, 1.82) is 0 Å². The Morgan fingerprint density at radius 2 is 2.00 bits per heavy atom. The van der Waals surface area contributed by atoms with Gasteiger partial charge in [0, 0.05) is 17.5 Å². The molecule has 5 nitrogen and oxygen atoms in total. The van der Waals surface area contributed by atoms with Crippen LogP contribution in [-0.2, 0) is 6.54 Å². The van der Waals surface area contributed by atoms with E-state index in [0.717, 1.165) is 16.5 Å². The van der Waals surface area contributed by atoms with Crippen molar-refractivity contribution < 1.29 is 9.90 Å². The standard InChI is InChI=1S/C15H13N3O2/c19-13-5-3-11(4-6-13)15(20)16-8-10-1-2-12-9-17-18-14(12)7-10/h1-7,9,19H,8H2,(H,16,20)(H,17,18). The van der Waals surface area contributed by atoms with Gasteiger partial charge in [-0.25, -0.2) is 0 Å². The highest BCUT2D eigenvalue weighted by Gasteiger charge is 2.05. The first kappa shape index (κ1) is 12.2. The second kappa shape index (κ2) is 5.05. The summed E-state index contributed by atoms with van der Waals surface area (Å²) >= 11 is 0. The molecule has 0 aliphatic rings. The molecule has 0 spiro atoms. The third-order valence-corrected chi connectivity index (χ3v) is 3.09. The average Bonchev–Trinajstić information content (AvgIpc) is 2.93. The molecule has 0 fully saturated rings. The Labute approximate surface area is 115 Å². The lowest BCUT2D eigenvalue weighted by Gasteiger charge is -2.05. The molecule has 0 atom stereocenters. The molecule has 0 radical (unpaired) electrons. The van der Waals surface area contributed by atoms with E-state index in [9.17, 15) is 9.90 Å². The van der Waals surface area contributed by atoms with Gasteiger partial charge in [-0.2, -0.15) is 5.10 Å². The zero-order chi connectivity index (χ0) is 13.9. The van der Waals surface area contributed by atoms with Crippen LogP contribution >= 0.6 is 0 Å². The van der Waals surface area contributed by atoms with Crippen LogP contribution in [0.25, 0.3) is 10.9 Å². The number of aromatic hydroxyl groups is 1. The van der Waals surface area contributed by atoms with Gasteiger partial charge in [0.05, 0.1) is 11.7 Å². The van der Waals surface area contributed by atoms with Gasteiger partial charge in [0.1, 0.15) is 5.75 Å². The average molecular weight is 267 g/mol. The molecule has 20 heavy (non-hydrogen) atoms. The van der Waals surface area contributed by atoms with Gasteiger partial charge in [-0.05, 0) is 35.9 Å². The molecule has 1 aromatic heterocycles. The highest BCUT2D eigenvalue weighted by atomic mass is 16.3. The minimum absolute atomic E-state index is 0.145. The third-order valence-electron chi connectivity index (χ3n) is 3.09. The summed E-state index contributed by atoms with van der Waals surface area (Å²) < 4.78 is 0. The highest BCUT2D eigenvalue weighted by Crippen LogP contribution is 2.13. The lowest BCUT2D eigenvalue weighted by atomic mass is 10.1. The predicted octanol–water partition coefficient (Wildman–Crippen LogP) is 2.20. The quantitative estimate of drug-likeness (QED) is 0.680. The van der Waals surface area contributed by atoms with Gasteiger partial charge in [0.25, 0.3) is 5.91 Å². The van der Waals surface area contributed by atoms with Crippen LogP contribution in [0.3, 0.4) is 0 Å². The van der Waals surface area contributed by atoms with Gasteiger partial charge in [-0.15, -0.1) is 0 Å². The fraction of sp³-hybridized carbons (Fsp3) is 0.0667. The first-order chi connectivity index (χ1) is 9.72. The van der Waals surface area contributed by atoms with Crippen LogP contribution < -0.4 is 5.32 Å². The first-order valence-corrected chi connectivity index (χ1v) is 6.21. The number of nitrogens with zero attached hydrogens (tertiary/aromatic N) is 1. The maximum Gasteiger partial charge on any atom is 0.251 e. The number of H-pyrrole nitrogens is 1. The van der Waals surface area contributed by atoms with Gasteiger partial charge in [0.15, 0.2) is 0 Å². The fourth-order valence-corrected chi connectivity index (χ4v) is 1.99. The Morgan fingerprint density at radius 3 is 2.80 bits per heavy atom. The van der Waals surface area contributed by atoms with Crippen molar-refractivity contribution in [3.05, 3.63) is 59.8 Å². The summed E-state index contributed by atoms with van der Waals surface area (Å²) in [7, 11) is 0. The van der Waals surface area contributed by atoms with Crippen molar-refractivity contribution in [3.63, 3.8) is 0 Å². The van der Waals surface area contributed by atoms with E-state index >= 15 is 0 Å². The number of phenols is 1. The Balaban J connectivity index is 1.69. The van der Waals surface area contributed by atoms with Gasteiger partial charge < -0.3 is 10.4 Å². The summed E-state index contributed by atoms with van der Waals surface area (Å²) in [6.45, 7) is 0.439. The Hall–Kier alpha value is -2.82. The zero-order valence-electron chi connectivity index (χ0n) is 10.6. The summed E-state index contributed by atoms with van der Waals surface area (Å²) in [5, 5.41) is 19.9. The lowest BCUT2D eigenvalue weighted by Crippen LogP contribution is -2.22. The van der Waals surface area contributed by atoms with Crippen molar-refractivity contribution in [1.82, 2.24) is 15.5 Å². The number of hydrogen-bond acceptors (Lipinski definition) is 3. The number of carbonyl (C=O) groups excluding carboxylic acids is 1. The van der Waals surface area contributed by atoms with Crippen LogP contribution in [0.2, 0.25) is 0 Å². The van der Waals surface area contributed by atoms with E-state index in [-0.39, 0.29) is 11.7 Å². The van der Waals surface area contributed by atoms with E-state index in [2.05, 4.69) is 15.5 Å². The Kier molecular flexibility index (Phi) is 3.09. The van der Waals surface area contributed by atoms with Crippen molar-refractivity contribution in [2.75, 3.05) is 0 Å².